The van der Waals surface area contributed by atoms with Crippen molar-refractivity contribution in [2.45, 2.75) is 6.92 Å². The second kappa shape index (κ2) is 3.96. The van der Waals surface area contributed by atoms with Gasteiger partial charge in [-0.1, -0.05) is 23.7 Å². The molecule has 1 aromatic carbocycles. The summed E-state index contributed by atoms with van der Waals surface area (Å²) < 4.78 is 1.55. The van der Waals surface area contributed by atoms with Gasteiger partial charge in [-0.3, -0.25) is 0 Å². The van der Waals surface area contributed by atoms with Gasteiger partial charge in [-0.05, 0) is 19.1 Å². The van der Waals surface area contributed by atoms with E-state index < -0.39 is 0 Å². The summed E-state index contributed by atoms with van der Waals surface area (Å²) in [4.78, 5) is 9.01. The standard InChI is InChI=1S/C12H10ClN5/c1-7-12(18-6-8(13)11(14)17-18)16-10-5-3-2-4-9(10)15-7/h2-6H,1H3,(H2,14,17). The van der Waals surface area contributed by atoms with Gasteiger partial charge in [0, 0.05) is 0 Å². The summed E-state index contributed by atoms with van der Waals surface area (Å²) in [6.45, 7) is 1.88. The molecule has 0 radical (unpaired) electrons. The molecule has 5 nitrogen and oxygen atoms in total. The minimum Gasteiger partial charge on any atom is -0.381 e. The Kier molecular flexibility index (Phi) is 2.41. The van der Waals surface area contributed by atoms with Crippen LogP contribution in [0.3, 0.4) is 0 Å². The molecule has 0 aliphatic heterocycles. The fraction of sp³-hybridized carbons (Fsp3) is 0.0833. The van der Waals surface area contributed by atoms with E-state index in [1.54, 1.807) is 10.9 Å². The van der Waals surface area contributed by atoms with Crippen LogP contribution in [0, 0.1) is 6.92 Å². The van der Waals surface area contributed by atoms with Crippen LogP contribution in [0.15, 0.2) is 30.5 Å². The molecule has 0 unspecified atom stereocenters. The number of nitrogen functional groups attached to an aromatic ring is 1. The Hall–Kier alpha value is -2.14. The third-order valence-corrected chi connectivity index (χ3v) is 2.92. The molecule has 0 bridgehead atoms. The van der Waals surface area contributed by atoms with Crippen LogP contribution in [0.1, 0.15) is 5.69 Å². The number of hydrogen-bond donors (Lipinski definition) is 1. The molecule has 6 heteroatoms. The average molecular weight is 260 g/mol. The molecular formula is C12H10ClN5. The van der Waals surface area contributed by atoms with Crippen molar-refractivity contribution in [2.24, 2.45) is 0 Å². The van der Waals surface area contributed by atoms with Crippen molar-refractivity contribution >= 4 is 28.5 Å². The van der Waals surface area contributed by atoms with Gasteiger partial charge in [-0.25, -0.2) is 14.6 Å². The van der Waals surface area contributed by atoms with Crippen molar-refractivity contribution in [3.05, 3.63) is 41.2 Å². The Morgan fingerprint density at radius 2 is 1.83 bits per heavy atom. The predicted molar refractivity (Wildman–Crippen MR) is 70.8 cm³/mol. The number of nitrogens with zero attached hydrogens (tertiary/aromatic N) is 4. The van der Waals surface area contributed by atoms with E-state index in [0.29, 0.717) is 10.8 Å². The molecule has 0 saturated heterocycles. The van der Waals surface area contributed by atoms with Crippen molar-refractivity contribution in [3.8, 4) is 5.82 Å². The van der Waals surface area contributed by atoms with Crippen LogP contribution in [0.25, 0.3) is 16.9 Å². The lowest BCUT2D eigenvalue weighted by Gasteiger charge is -2.05. The number of para-hydroxylation sites is 2. The van der Waals surface area contributed by atoms with Crippen LogP contribution in [0.5, 0.6) is 0 Å². The molecule has 0 atom stereocenters. The number of benzene rings is 1. The Bertz CT molecular complexity index is 715. The highest BCUT2D eigenvalue weighted by Gasteiger charge is 2.10. The smallest absolute Gasteiger partial charge is 0.175 e. The molecule has 0 aliphatic carbocycles. The zero-order chi connectivity index (χ0) is 12.7. The van der Waals surface area contributed by atoms with Crippen molar-refractivity contribution in [3.63, 3.8) is 0 Å². The number of nitrogens with two attached hydrogens (primary N) is 1. The van der Waals surface area contributed by atoms with Crippen LogP contribution >= 0.6 is 11.6 Å². The van der Waals surface area contributed by atoms with Gasteiger partial charge in [-0.15, -0.1) is 5.10 Å². The van der Waals surface area contributed by atoms with E-state index >= 15 is 0 Å². The Morgan fingerprint density at radius 3 is 2.44 bits per heavy atom. The normalized spacial score (nSPS) is 11.0. The second-order valence-electron chi connectivity index (χ2n) is 3.93. The average Bonchev–Trinajstić information content (AvgIpc) is 2.68. The number of fused-ring (bicyclic) bond motifs is 1. The summed E-state index contributed by atoms with van der Waals surface area (Å²) in [6, 6.07) is 7.67. The molecule has 2 aromatic heterocycles. The van der Waals surface area contributed by atoms with Gasteiger partial charge in [0.05, 0.1) is 22.9 Å². The van der Waals surface area contributed by atoms with Gasteiger partial charge in [0.2, 0.25) is 0 Å². The van der Waals surface area contributed by atoms with Gasteiger partial charge >= 0.3 is 0 Å². The summed E-state index contributed by atoms with van der Waals surface area (Å²) >= 11 is 5.89. The highest BCUT2D eigenvalue weighted by atomic mass is 35.5. The van der Waals surface area contributed by atoms with E-state index in [1.165, 1.54) is 0 Å². The van der Waals surface area contributed by atoms with E-state index in [2.05, 4.69) is 15.1 Å². The van der Waals surface area contributed by atoms with Crippen LogP contribution in [0.4, 0.5) is 5.82 Å². The fourth-order valence-electron chi connectivity index (χ4n) is 1.77. The third kappa shape index (κ3) is 1.69. The second-order valence-corrected chi connectivity index (χ2v) is 4.34. The lowest BCUT2D eigenvalue weighted by atomic mass is 10.3. The Morgan fingerprint density at radius 1 is 1.17 bits per heavy atom. The summed E-state index contributed by atoms with van der Waals surface area (Å²) in [7, 11) is 0. The van der Waals surface area contributed by atoms with Crippen molar-refractivity contribution in [1.82, 2.24) is 19.7 Å². The molecule has 90 valence electrons. The molecule has 3 rings (SSSR count). The number of aromatic nitrogens is 4. The van der Waals surface area contributed by atoms with E-state index in [0.717, 1.165) is 16.7 Å². The van der Waals surface area contributed by atoms with E-state index in [4.69, 9.17) is 17.3 Å². The summed E-state index contributed by atoms with van der Waals surface area (Å²) in [6.07, 6.45) is 1.63. The maximum absolute atomic E-state index is 5.89. The summed E-state index contributed by atoms with van der Waals surface area (Å²) in [5, 5.41) is 4.51. The predicted octanol–water partition coefficient (Wildman–Crippen LogP) is 2.36. The Labute approximate surface area is 108 Å². The van der Waals surface area contributed by atoms with Crippen molar-refractivity contribution in [2.75, 3.05) is 5.73 Å². The lowest BCUT2D eigenvalue weighted by Crippen LogP contribution is -2.04. The maximum atomic E-state index is 5.89. The molecule has 3 aromatic rings. The summed E-state index contributed by atoms with van der Waals surface area (Å²) in [5.41, 5.74) is 8.06. The van der Waals surface area contributed by atoms with Crippen molar-refractivity contribution < 1.29 is 0 Å². The number of rotatable bonds is 1. The van der Waals surface area contributed by atoms with Crippen LogP contribution in [-0.4, -0.2) is 19.7 Å². The quantitative estimate of drug-likeness (QED) is 0.728. The minimum atomic E-state index is 0.283. The monoisotopic (exact) mass is 259 g/mol. The minimum absolute atomic E-state index is 0.283. The van der Waals surface area contributed by atoms with E-state index in [-0.39, 0.29) is 5.82 Å². The van der Waals surface area contributed by atoms with Crippen LogP contribution < -0.4 is 5.73 Å². The number of halogens is 1. The molecule has 0 fully saturated rings. The van der Waals surface area contributed by atoms with Gasteiger partial charge in [0.25, 0.3) is 0 Å². The zero-order valence-electron chi connectivity index (χ0n) is 9.63. The first-order valence-corrected chi connectivity index (χ1v) is 5.77. The number of hydrogen-bond acceptors (Lipinski definition) is 4. The number of anilines is 1. The fourth-order valence-corrected chi connectivity index (χ4v) is 1.90. The molecule has 0 saturated carbocycles. The molecule has 0 amide bonds. The van der Waals surface area contributed by atoms with Crippen molar-refractivity contribution in [1.29, 1.82) is 0 Å². The van der Waals surface area contributed by atoms with Gasteiger partial charge in [-0.2, -0.15) is 0 Å². The topological polar surface area (TPSA) is 69.6 Å². The van der Waals surface area contributed by atoms with E-state index in [9.17, 15) is 0 Å². The zero-order valence-corrected chi connectivity index (χ0v) is 10.4. The largest absolute Gasteiger partial charge is 0.381 e. The number of aryl methyl sites for hydroxylation is 1. The van der Waals surface area contributed by atoms with Gasteiger partial charge in [0.15, 0.2) is 11.6 Å². The molecule has 0 aliphatic rings. The first kappa shape index (κ1) is 11.0. The molecule has 2 N–H and O–H groups in total. The highest BCUT2D eigenvalue weighted by molar-refractivity contribution is 6.32. The van der Waals surface area contributed by atoms with Crippen LogP contribution in [-0.2, 0) is 0 Å². The first-order valence-electron chi connectivity index (χ1n) is 5.39. The Balaban J connectivity index is 2.25. The summed E-state index contributed by atoms with van der Waals surface area (Å²) in [5.74, 6) is 0.915. The molecule has 18 heavy (non-hydrogen) atoms. The van der Waals surface area contributed by atoms with Crippen LogP contribution in [0.2, 0.25) is 5.02 Å². The molecule has 2 heterocycles. The third-order valence-electron chi connectivity index (χ3n) is 2.63. The van der Waals surface area contributed by atoms with Gasteiger partial charge in [0.1, 0.15) is 5.02 Å². The highest BCUT2D eigenvalue weighted by Crippen LogP contribution is 2.20. The first-order chi connectivity index (χ1) is 8.65. The van der Waals surface area contributed by atoms with Gasteiger partial charge < -0.3 is 5.73 Å². The maximum Gasteiger partial charge on any atom is 0.175 e. The SMILES string of the molecule is Cc1nc2ccccc2nc1-n1cc(Cl)c(N)n1. The molecular weight excluding hydrogens is 250 g/mol. The van der Waals surface area contributed by atoms with E-state index in [1.807, 2.05) is 31.2 Å². The molecule has 0 spiro atoms. The lowest BCUT2D eigenvalue weighted by molar-refractivity contribution is 0.838.